The minimum Gasteiger partial charge on any atom is -0.467 e. The van der Waals surface area contributed by atoms with Crippen molar-refractivity contribution in [2.75, 3.05) is 6.54 Å². The smallest absolute Gasteiger partial charge is 0.313 e. The Morgan fingerprint density at radius 2 is 2.07 bits per heavy atom. The van der Waals surface area contributed by atoms with E-state index < -0.39 is 17.4 Å². The molecule has 3 aromatic rings. The maximum Gasteiger partial charge on any atom is 0.313 e. The highest BCUT2D eigenvalue weighted by atomic mass is 16.5. The number of hydrogen-bond acceptors (Lipinski definition) is 7. The largest absolute Gasteiger partial charge is 0.467 e. The monoisotopic (exact) mass is 368 g/mol. The third-order valence-electron chi connectivity index (χ3n) is 4.43. The van der Waals surface area contributed by atoms with E-state index in [1.165, 1.54) is 6.26 Å². The van der Waals surface area contributed by atoms with Crippen LogP contribution >= 0.6 is 0 Å². The van der Waals surface area contributed by atoms with E-state index in [1.54, 1.807) is 41.3 Å². The van der Waals surface area contributed by atoms with Crippen molar-refractivity contribution in [3.8, 4) is 0 Å². The van der Waals surface area contributed by atoms with Crippen molar-refractivity contribution >= 4 is 22.8 Å². The fourth-order valence-electron chi connectivity index (χ4n) is 3.02. The van der Waals surface area contributed by atoms with E-state index in [2.05, 4.69) is 10.3 Å². The standard InChI is InChI=1S/C18H16N4O5/c23-16-8-12(9-21(16)10-13-4-3-7-26-13)18(25)27-11-22-17(24)14-5-1-2-6-15(14)19-20-22/h1-7,12H,8-11H2/t12-/m0/s1. The topological polar surface area (TPSA) is 108 Å². The first kappa shape index (κ1) is 17.0. The van der Waals surface area contributed by atoms with Crippen molar-refractivity contribution < 1.29 is 18.7 Å². The molecule has 2 aromatic heterocycles. The van der Waals surface area contributed by atoms with Crippen LogP contribution in [0.1, 0.15) is 12.2 Å². The van der Waals surface area contributed by atoms with Gasteiger partial charge in [-0.3, -0.25) is 14.4 Å². The second-order valence-corrected chi connectivity index (χ2v) is 6.26. The Balaban J connectivity index is 1.39. The lowest BCUT2D eigenvalue weighted by Crippen LogP contribution is -2.29. The Morgan fingerprint density at radius 3 is 2.89 bits per heavy atom. The third kappa shape index (κ3) is 3.43. The van der Waals surface area contributed by atoms with E-state index in [0.29, 0.717) is 23.2 Å². The van der Waals surface area contributed by atoms with Crippen LogP contribution in [0.3, 0.4) is 0 Å². The van der Waals surface area contributed by atoms with Gasteiger partial charge in [0.05, 0.1) is 24.1 Å². The quantitative estimate of drug-likeness (QED) is 0.617. The molecule has 0 N–H and O–H groups in total. The Morgan fingerprint density at radius 1 is 1.22 bits per heavy atom. The van der Waals surface area contributed by atoms with Gasteiger partial charge in [-0.2, -0.15) is 4.68 Å². The Labute approximate surface area is 153 Å². The normalized spacial score (nSPS) is 16.8. The van der Waals surface area contributed by atoms with Crippen LogP contribution in [0.25, 0.3) is 10.9 Å². The highest BCUT2D eigenvalue weighted by Crippen LogP contribution is 2.21. The number of carbonyl (C=O) groups is 2. The molecule has 0 saturated carbocycles. The number of rotatable bonds is 5. The number of benzene rings is 1. The maximum atomic E-state index is 12.3. The fourth-order valence-corrected chi connectivity index (χ4v) is 3.02. The molecule has 1 fully saturated rings. The number of esters is 1. The summed E-state index contributed by atoms with van der Waals surface area (Å²) in [4.78, 5) is 38.3. The van der Waals surface area contributed by atoms with E-state index in [1.807, 2.05) is 0 Å². The average molecular weight is 368 g/mol. The van der Waals surface area contributed by atoms with Crippen LogP contribution in [0.5, 0.6) is 0 Å². The van der Waals surface area contributed by atoms with Crippen LogP contribution in [0.15, 0.2) is 51.9 Å². The predicted molar refractivity (Wildman–Crippen MR) is 92.1 cm³/mol. The lowest BCUT2D eigenvalue weighted by Gasteiger charge is -2.14. The van der Waals surface area contributed by atoms with Gasteiger partial charge >= 0.3 is 5.97 Å². The van der Waals surface area contributed by atoms with Crippen molar-refractivity contribution in [1.29, 1.82) is 0 Å². The van der Waals surface area contributed by atoms with Gasteiger partial charge in [0.1, 0.15) is 11.3 Å². The van der Waals surface area contributed by atoms with Crippen molar-refractivity contribution in [3.63, 3.8) is 0 Å². The molecule has 9 nitrogen and oxygen atoms in total. The summed E-state index contributed by atoms with van der Waals surface area (Å²) < 4.78 is 11.4. The van der Waals surface area contributed by atoms with E-state index in [-0.39, 0.29) is 25.6 Å². The molecule has 1 aliphatic rings. The molecule has 27 heavy (non-hydrogen) atoms. The Hall–Kier alpha value is -3.49. The predicted octanol–water partition coefficient (Wildman–Crippen LogP) is 0.934. The summed E-state index contributed by atoms with van der Waals surface area (Å²) in [5, 5.41) is 8.10. The van der Waals surface area contributed by atoms with E-state index in [0.717, 1.165) is 4.68 Å². The number of ether oxygens (including phenoxy) is 1. The van der Waals surface area contributed by atoms with Crippen LogP contribution in [0.2, 0.25) is 0 Å². The number of nitrogens with zero attached hydrogens (tertiary/aromatic N) is 4. The molecular weight excluding hydrogens is 352 g/mol. The number of fused-ring (bicyclic) bond motifs is 1. The van der Waals surface area contributed by atoms with Gasteiger partial charge < -0.3 is 14.1 Å². The molecule has 9 heteroatoms. The molecule has 1 atom stereocenters. The summed E-state index contributed by atoms with van der Waals surface area (Å²) in [6, 6.07) is 10.3. The van der Waals surface area contributed by atoms with Gasteiger partial charge in [-0.25, -0.2) is 0 Å². The number of likely N-dealkylation sites (tertiary alicyclic amines) is 1. The molecule has 0 unspecified atom stereocenters. The molecular formula is C18H16N4O5. The highest BCUT2D eigenvalue weighted by molar-refractivity contribution is 5.86. The van der Waals surface area contributed by atoms with Crippen LogP contribution in [-0.4, -0.2) is 38.3 Å². The van der Waals surface area contributed by atoms with Crippen LogP contribution < -0.4 is 5.56 Å². The second kappa shape index (κ2) is 7.02. The third-order valence-corrected chi connectivity index (χ3v) is 4.43. The van der Waals surface area contributed by atoms with Crippen LogP contribution in [0, 0.1) is 5.92 Å². The molecule has 1 amide bonds. The van der Waals surface area contributed by atoms with E-state index >= 15 is 0 Å². The minimum atomic E-state index is -0.587. The van der Waals surface area contributed by atoms with Crippen molar-refractivity contribution in [2.45, 2.75) is 19.7 Å². The summed E-state index contributed by atoms with van der Waals surface area (Å²) in [7, 11) is 0. The molecule has 3 heterocycles. The van der Waals surface area contributed by atoms with E-state index in [9.17, 15) is 14.4 Å². The number of hydrogen-bond donors (Lipinski definition) is 0. The first-order valence-electron chi connectivity index (χ1n) is 8.41. The maximum absolute atomic E-state index is 12.3. The number of furan rings is 1. The number of amides is 1. The first-order valence-corrected chi connectivity index (χ1v) is 8.41. The molecule has 1 aliphatic heterocycles. The van der Waals surface area contributed by atoms with Gasteiger partial charge in [-0.15, -0.1) is 5.10 Å². The van der Waals surface area contributed by atoms with Crippen molar-refractivity contribution in [2.24, 2.45) is 5.92 Å². The SMILES string of the molecule is O=C(OCn1nnc2ccccc2c1=O)[C@H]1CC(=O)N(Cc2ccco2)C1. The summed E-state index contributed by atoms with van der Waals surface area (Å²) in [5.74, 6) is -0.630. The fraction of sp³-hybridized carbons (Fsp3) is 0.278. The molecule has 138 valence electrons. The Bertz CT molecular complexity index is 1040. The van der Waals surface area contributed by atoms with Gasteiger partial charge in [0.2, 0.25) is 5.91 Å². The van der Waals surface area contributed by atoms with Gasteiger partial charge in [-0.1, -0.05) is 17.3 Å². The molecule has 4 rings (SSSR count). The van der Waals surface area contributed by atoms with Gasteiger partial charge in [0, 0.05) is 13.0 Å². The first-order chi connectivity index (χ1) is 13.1. The molecule has 1 saturated heterocycles. The molecule has 0 spiro atoms. The zero-order valence-corrected chi connectivity index (χ0v) is 14.3. The van der Waals surface area contributed by atoms with Crippen molar-refractivity contribution in [1.82, 2.24) is 19.9 Å². The van der Waals surface area contributed by atoms with E-state index in [4.69, 9.17) is 9.15 Å². The average Bonchev–Trinajstić information content (AvgIpc) is 3.32. The van der Waals surface area contributed by atoms with Gasteiger partial charge in [0.25, 0.3) is 5.56 Å². The minimum absolute atomic E-state index is 0.0673. The number of carbonyl (C=O) groups excluding carboxylic acids is 2. The Kier molecular flexibility index (Phi) is 4.41. The van der Waals surface area contributed by atoms with Gasteiger partial charge in [0.15, 0.2) is 6.73 Å². The number of aromatic nitrogens is 3. The lowest BCUT2D eigenvalue weighted by molar-refractivity contribution is -0.152. The highest BCUT2D eigenvalue weighted by Gasteiger charge is 2.35. The second-order valence-electron chi connectivity index (χ2n) is 6.26. The van der Waals surface area contributed by atoms with Crippen LogP contribution in [-0.2, 0) is 27.6 Å². The van der Waals surface area contributed by atoms with Gasteiger partial charge in [-0.05, 0) is 24.3 Å². The zero-order chi connectivity index (χ0) is 18.8. The molecule has 0 bridgehead atoms. The summed E-state index contributed by atoms with van der Waals surface area (Å²) in [6.45, 7) is 0.209. The summed E-state index contributed by atoms with van der Waals surface area (Å²) in [6.07, 6.45) is 1.60. The zero-order valence-electron chi connectivity index (χ0n) is 14.3. The lowest BCUT2D eigenvalue weighted by atomic mass is 10.1. The molecule has 0 aliphatic carbocycles. The van der Waals surface area contributed by atoms with Crippen molar-refractivity contribution in [3.05, 3.63) is 58.8 Å². The summed E-state index contributed by atoms with van der Waals surface area (Å²) >= 11 is 0. The summed E-state index contributed by atoms with van der Waals surface area (Å²) in [5.41, 5.74) is 0.0791. The molecule has 1 aromatic carbocycles. The van der Waals surface area contributed by atoms with Crippen LogP contribution in [0.4, 0.5) is 0 Å². The molecule has 0 radical (unpaired) electrons.